The molecule has 1 saturated heterocycles. The minimum Gasteiger partial charge on any atom is -0.378 e. The summed E-state index contributed by atoms with van der Waals surface area (Å²) in [6.07, 6.45) is 6.22. The van der Waals surface area contributed by atoms with Crippen LogP contribution in [0.2, 0.25) is 5.02 Å². The van der Waals surface area contributed by atoms with Gasteiger partial charge in [0.25, 0.3) is 5.91 Å². The van der Waals surface area contributed by atoms with Crippen LogP contribution in [0.5, 0.6) is 0 Å². The first-order valence-electron chi connectivity index (χ1n) is 8.99. The normalized spacial score (nSPS) is 14.1. The maximum atomic E-state index is 12.8. The lowest BCUT2D eigenvalue weighted by Gasteiger charge is -2.32. The summed E-state index contributed by atoms with van der Waals surface area (Å²) in [7, 11) is 0. The molecule has 0 bridgehead atoms. The van der Waals surface area contributed by atoms with E-state index in [0.717, 1.165) is 30.4 Å². The highest BCUT2D eigenvalue weighted by molar-refractivity contribution is 6.30. The maximum absolute atomic E-state index is 12.8. The van der Waals surface area contributed by atoms with Gasteiger partial charge in [0.05, 0.1) is 11.7 Å². The number of nitrogens with two attached hydrogens (primary N) is 1. The molecule has 1 aliphatic rings. The molecule has 1 fully saturated rings. The molecule has 1 aliphatic heterocycles. The van der Waals surface area contributed by atoms with Crippen molar-refractivity contribution in [2.75, 3.05) is 26.2 Å². The van der Waals surface area contributed by atoms with E-state index in [-0.39, 0.29) is 36.8 Å². The summed E-state index contributed by atoms with van der Waals surface area (Å²) >= 11 is 5.94. The van der Waals surface area contributed by atoms with Gasteiger partial charge in [-0.1, -0.05) is 23.7 Å². The lowest BCUT2D eigenvalue weighted by Crippen LogP contribution is -2.41. The predicted octanol–water partition coefficient (Wildman–Crippen LogP) is 4.22. The zero-order valence-corrected chi connectivity index (χ0v) is 17.9. The number of piperidine rings is 1. The summed E-state index contributed by atoms with van der Waals surface area (Å²) in [5.41, 5.74) is 8.00. The molecule has 28 heavy (non-hydrogen) atoms. The summed E-state index contributed by atoms with van der Waals surface area (Å²) in [4.78, 5) is 18.9. The number of benzene rings is 1. The maximum Gasteiger partial charge on any atom is 0.255 e. The number of likely N-dealkylation sites (tertiary alicyclic amines) is 1. The third-order valence-electron chi connectivity index (χ3n) is 4.59. The standard InChI is InChI=1S/C20H24ClN3O2.2ClH/c21-18-4-2-15(3-5-18)16-12-17(14-23-13-16)20(25)24-9-6-19(7-10-24)26-11-1-8-22;;/h2-5,12-14,19H,1,6-11,22H2;2*1H. The average Bonchev–Trinajstić information content (AvgIpc) is 2.69. The van der Waals surface area contributed by atoms with Crippen LogP contribution in [0.4, 0.5) is 0 Å². The van der Waals surface area contributed by atoms with E-state index in [9.17, 15) is 4.79 Å². The molecule has 3 rings (SSSR count). The Balaban J connectivity index is 0.00000196. The van der Waals surface area contributed by atoms with Crippen molar-refractivity contribution in [2.24, 2.45) is 5.73 Å². The lowest BCUT2D eigenvalue weighted by molar-refractivity contribution is 0.00844. The molecule has 1 amide bonds. The number of aromatic nitrogens is 1. The van der Waals surface area contributed by atoms with Crippen molar-refractivity contribution in [1.82, 2.24) is 9.88 Å². The number of carbonyl (C=O) groups is 1. The molecule has 1 aromatic carbocycles. The lowest BCUT2D eigenvalue weighted by atomic mass is 10.0. The zero-order chi connectivity index (χ0) is 18.4. The third kappa shape index (κ3) is 6.61. The number of rotatable bonds is 6. The monoisotopic (exact) mass is 445 g/mol. The van der Waals surface area contributed by atoms with Gasteiger partial charge in [0.2, 0.25) is 0 Å². The second-order valence-electron chi connectivity index (χ2n) is 6.47. The van der Waals surface area contributed by atoms with Crippen LogP contribution in [0.25, 0.3) is 11.1 Å². The molecule has 0 saturated carbocycles. The van der Waals surface area contributed by atoms with Crippen molar-refractivity contribution < 1.29 is 9.53 Å². The molecule has 0 spiro atoms. The number of hydrogen-bond acceptors (Lipinski definition) is 4. The average molecular weight is 447 g/mol. The molecule has 1 aromatic heterocycles. The summed E-state index contributed by atoms with van der Waals surface area (Å²) in [6.45, 7) is 2.76. The van der Waals surface area contributed by atoms with E-state index < -0.39 is 0 Å². The molecule has 0 radical (unpaired) electrons. The molecule has 0 aliphatic carbocycles. The fourth-order valence-electron chi connectivity index (χ4n) is 3.10. The Morgan fingerprint density at radius 3 is 2.46 bits per heavy atom. The summed E-state index contributed by atoms with van der Waals surface area (Å²) in [5, 5.41) is 0.686. The van der Waals surface area contributed by atoms with Crippen molar-refractivity contribution in [2.45, 2.75) is 25.4 Å². The number of hydrogen-bond donors (Lipinski definition) is 1. The van der Waals surface area contributed by atoms with E-state index in [1.807, 2.05) is 35.2 Å². The quantitative estimate of drug-likeness (QED) is 0.675. The summed E-state index contributed by atoms with van der Waals surface area (Å²) in [5.74, 6) is 0.0220. The van der Waals surface area contributed by atoms with E-state index in [1.54, 1.807) is 12.4 Å². The van der Waals surface area contributed by atoms with Crippen molar-refractivity contribution in [3.05, 3.63) is 53.3 Å². The number of halogens is 3. The van der Waals surface area contributed by atoms with Crippen LogP contribution in [0.3, 0.4) is 0 Å². The van der Waals surface area contributed by atoms with Gasteiger partial charge in [0, 0.05) is 42.7 Å². The molecule has 0 unspecified atom stereocenters. The molecule has 2 aromatic rings. The van der Waals surface area contributed by atoms with Gasteiger partial charge in [-0.15, -0.1) is 24.8 Å². The Morgan fingerprint density at radius 1 is 1.14 bits per heavy atom. The molecule has 5 nitrogen and oxygen atoms in total. The Morgan fingerprint density at radius 2 is 1.82 bits per heavy atom. The fraction of sp³-hybridized carbons (Fsp3) is 0.400. The molecule has 2 N–H and O–H groups in total. The van der Waals surface area contributed by atoms with Crippen LogP contribution in [0.1, 0.15) is 29.6 Å². The first-order chi connectivity index (χ1) is 12.7. The summed E-state index contributed by atoms with van der Waals surface area (Å²) in [6, 6.07) is 9.42. The first kappa shape index (κ1) is 24.7. The second-order valence-corrected chi connectivity index (χ2v) is 6.91. The Hall–Kier alpha value is -1.37. The van der Waals surface area contributed by atoms with E-state index >= 15 is 0 Å². The van der Waals surface area contributed by atoms with E-state index in [1.165, 1.54) is 0 Å². The third-order valence-corrected chi connectivity index (χ3v) is 4.85. The Labute approximate surface area is 183 Å². The van der Waals surface area contributed by atoms with Crippen LogP contribution >= 0.6 is 36.4 Å². The van der Waals surface area contributed by atoms with E-state index in [2.05, 4.69) is 4.98 Å². The molecular formula is C20H26Cl3N3O2. The molecule has 154 valence electrons. The van der Waals surface area contributed by atoms with Crippen molar-refractivity contribution >= 4 is 42.3 Å². The summed E-state index contributed by atoms with van der Waals surface area (Å²) < 4.78 is 5.80. The SMILES string of the molecule is Cl.Cl.NCCCOC1CCN(C(=O)c2cncc(-c3ccc(Cl)cc3)c2)CC1. The van der Waals surface area contributed by atoms with Crippen LogP contribution in [-0.4, -0.2) is 48.1 Å². The highest BCUT2D eigenvalue weighted by Gasteiger charge is 2.24. The van der Waals surface area contributed by atoms with Gasteiger partial charge in [0.15, 0.2) is 0 Å². The van der Waals surface area contributed by atoms with Gasteiger partial charge in [0.1, 0.15) is 0 Å². The first-order valence-corrected chi connectivity index (χ1v) is 9.37. The number of amides is 1. The number of carbonyl (C=O) groups excluding carboxylic acids is 1. The molecule has 0 atom stereocenters. The van der Waals surface area contributed by atoms with Crippen LogP contribution in [0, 0.1) is 0 Å². The van der Waals surface area contributed by atoms with E-state index in [0.29, 0.717) is 36.8 Å². The molecular weight excluding hydrogens is 421 g/mol. The minimum atomic E-state index is 0. The highest BCUT2D eigenvalue weighted by atomic mass is 35.5. The largest absolute Gasteiger partial charge is 0.378 e. The molecule has 2 heterocycles. The fourth-order valence-corrected chi connectivity index (χ4v) is 3.22. The topological polar surface area (TPSA) is 68.5 Å². The highest BCUT2D eigenvalue weighted by Crippen LogP contribution is 2.23. The number of nitrogens with zero attached hydrogens (tertiary/aromatic N) is 2. The van der Waals surface area contributed by atoms with Crippen LogP contribution < -0.4 is 5.73 Å². The van der Waals surface area contributed by atoms with Crippen molar-refractivity contribution in [1.29, 1.82) is 0 Å². The Bertz CT molecular complexity index is 736. The minimum absolute atomic E-state index is 0. The van der Waals surface area contributed by atoms with Gasteiger partial charge in [-0.3, -0.25) is 9.78 Å². The Kier molecular flexibility index (Phi) is 10.8. The van der Waals surface area contributed by atoms with Gasteiger partial charge >= 0.3 is 0 Å². The van der Waals surface area contributed by atoms with E-state index in [4.69, 9.17) is 22.1 Å². The van der Waals surface area contributed by atoms with Crippen molar-refractivity contribution in [3.63, 3.8) is 0 Å². The molecule has 8 heteroatoms. The predicted molar refractivity (Wildman–Crippen MR) is 118 cm³/mol. The van der Waals surface area contributed by atoms with Crippen LogP contribution in [-0.2, 0) is 4.74 Å². The number of ether oxygens (including phenoxy) is 1. The van der Waals surface area contributed by atoms with Crippen molar-refractivity contribution in [3.8, 4) is 11.1 Å². The van der Waals surface area contributed by atoms with Crippen LogP contribution in [0.15, 0.2) is 42.7 Å². The van der Waals surface area contributed by atoms with Gasteiger partial charge in [-0.25, -0.2) is 0 Å². The van der Waals surface area contributed by atoms with Gasteiger partial charge < -0.3 is 15.4 Å². The van der Waals surface area contributed by atoms with Gasteiger partial charge in [-0.2, -0.15) is 0 Å². The second kappa shape index (κ2) is 12.2. The zero-order valence-electron chi connectivity index (χ0n) is 15.6. The van der Waals surface area contributed by atoms with Gasteiger partial charge in [-0.05, 0) is 49.6 Å². The smallest absolute Gasteiger partial charge is 0.255 e. The number of pyridine rings is 1.